The lowest BCUT2D eigenvalue weighted by atomic mass is 10.1. The Balaban J connectivity index is 3.21. The predicted molar refractivity (Wildman–Crippen MR) is 59.2 cm³/mol. The highest BCUT2D eigenvalue weighted by atomic mass is 28.3. The average molecular weight is 232 g/mol. The number of hydrogen-bond donors (Lipinski definition) is 0. The van der Waals surface area contributed by atoms with Crippen LogP contribution in [0.15, 0.2) is 18.2 Å². The second-order valence-electron chi connectivity index (χ2n) is 4.78. The second-order valence-corrected chi connectivity index (χ2v) is 9.82. The first kappa shape index (κ1) is 12.3. The predicted octanol–water partition coefficient (Wildman–Crippen LogP) is 3.56. The Morgan fingerprint density at radius 3 is 1.93 bits per heavy atom. The van der Waals surface area contributed by atoms with Gasteiger partial charge in [0.25, 0.3) is 0 Å². The summed E-state index contributed by atoms with van der Waals surface area (Å²) in [6, 6.07) is 4.05. The van der Waals surface area contributed by atoms with Crippen molar-refractivity contribution in [1.29, 1.82) is 0 Å². The highest BCUT2D eigenvalue weighted by Gasteiger charge is 2.31. The minimum Gasteiger partial charge on any atom is -0.166 e. The van der Waals surface area contributed by atoms with E-state index in [0.717, 1.165) is 10.8 Å². The Morgan fingerprint density at radius 1 is 1.07 bits per heavy atom. The molecule has 0 radical (unpaired) electrons. The smallest absolute Gasteiger partial charge is 0.166 e. The fourth-order valence-electron chi connectivity index (χ4n) is 1.68. The number of rotatable bonds is 1. The maximum Gasteiger partial charge on any atom is 0.416 e. The Kier molecular flexibility index (Phi) is 3.00. The largest absolute Gasteiger partial charge is 0.416 e. The van der Waals surface area contributed by atoms with Crippen molar-refractivity contribution in [3.05, 3.63) is 29.3 Å². The minimum atomic E-state index is -4.23. The summed E-state index contributed by atoms with van der Waals surface area (Å²) >= 11 is 0. The molecule has 1 aromatic rings. The van der Waals surface area contributed by atoms with Crippen molar-refractivity contribution < 1.29 is 13.2 Å². The van der Waals surface area contributed by atoms with Crippen molar-refractivity contribution in [2.45, 2.75) is 32.7 Å². The molecule has 0 bridgehead atoms. The van der Waals surface area contributed by atoms with Gasteiger partial charge in [0, 0.05) is 0 Å². The van der Waals surface area contributed by atoms with Gasteiger partial charge >= 0.3 is 6.18 Å². The fraction of sp³-hybridized carbons (Fsp3) is 0.455. The normalized spacial score (nSPS) is 13.0. The van der Waals surface area contributed by atoms with E-state index < -0.39 is 19.8 Å². The van der Waals surface area contributed by atoms with Gasteiger partial charge in [0.1, 0.15) is 0 Å². The molecule has 0 aliphatic rings. The van der Waals surface area contributed by atoms with Crippen LogP contribution in [0.5, 0.6) is 0 Å². The zero-order valence-electron chi connectivity index (χ0n) is 9.37. The summed E-state index contributed by atoms with van der Waals surface area (Å²) in [6.07, 6.45) is -4.23. The minimum absolute atomic E-state index is 0.554. The van der Waals surface area contributed by atoms with E-state index in [-0.39, 0.29) is 0 Å². The van der Waals surface area contributed by atoms with E-state index in [9.17, 15) is 13.2 Å². The SMILES string of the molecule is Cc1cc(C(F)(F)F)ccc1[Si](C)(C)C. The van der Waals surface area contributed by atoms with Crippen molar-refractivity contribution in [3.63, 3.8) is 0 Å². The molecule has 0 atom stereocenters. The summed E-state index contributed by atoms with van der Waals surface area (Å²) in [7, 11) is -1.53. The van der Waals surface area contributed by atoms with Crippen LogP contribution in [0, 0.1) is 6.92 Å². The van der Waals surface area contributed by atoms with Gasteiger partial charge in [0.15, 0.2) is 0 Å². The van der Waals surface area contributed by atoms with Gasteiger partial charge in [-0.3, -0.25) is 0 Å². The lowest BCUT2D eigenvalue weighted by Gasteiger charge is -2.20. The molecule has 4 heteroatoms. The summed E-state index contributed by atoms with van der Waals surface area (Å²) in [5.41, 5.74) is 0.200. The number of benzene rings is 1. The van der Waals surface area contributed by atoms with Crippen LogP contribution in [0.25, 0.3) is 0 Å². The summed E-state index contributed by atoms with van der Waals surface area (Å²) in [5.74, 6) is 0. The third-order valence-corrected chi connectivity index (χ3v) is 4.54. The first-order valence-electron chi connectivity index (χ1n) is 4.80. The summed E-state index contributed by atoms with van der Waals surface area (Å²) in [6.45, 7) is 8.14. The van der Waals surface area contributed by atoms with Gasteiger partial charge in [0.2, 0.25) is 0 Å². The molecule has 0 saturated carbocycles. The van der Waals surface area contributed by atoms with E-state index in [0.29, 0.717) is 0 Å². The van der Waals surface area contributed by atoms with E-state index >= 15 is 0 Å². The van der Waals surface area contributed by atoms with Gasteiger partial charge in [-0.2, -0.15) is 13.2 Å². The molecule has 0 unspecified atom stereocenters. The number of halogens is 3. The highest BCUT2D eigenvalue weighted by Crippen LogP contribution is 2.29. The van der Waals surface area contributed by atoms with Crippen LogP contribution >= 0.6 is 0 Å². The monoisotopic (exact) mass is 232 g/mol. The van der Waals surface area contributed by atoms with E-state index in [1.165, 1.54) is 12.1 Å². The van der Waals surface area contributed by atoms with Crippen molar-refractivity contribution in [2.24, 2.45) is 0 Å². The van der Waals surface area contributed by atoms with Gasteiger partial charge in [-0.15, -0.1) is 0 Å². The number of hydrogen-bond acceptors (Lipinski definition) is 0. The van der Waals surface area contributed by atoms with Gasteiger partial charge in [-0.05, 0) is 13.0 Å². The molecule has 0 amide bonds. The topological polar surface area (TPSA) is 0 Å². The molecule has 0 nitrogen and oxygen atoms in total. The summed E-state index contributed by atoms with van der Waals surface area (Å²) in [4.78, 5) is 0. The lowest BCUT2D eigenvalue weighted by Crippen LogP contribution is -2.39. The maximum atomic E-state index is 12.4. The van der Waals surface area contributed by atoms with Crippen molar-refractivity contribution >= 4 is 13.3 Å². The zero-order chi connectivity index (χ0) is 11.9. The van der Waals surface area contributed by atoms with Crippen molar-refractivity contribution in [3.8, 4) is 0 Å². The van der Waals surface area contributed by atoms with Crippen LogP contribution in [-0.2, 0) is 6.18 Å². The highest BCUT2D eigenvalue weighted by molar-refractivity contribution is 6.89. The first-order valence-corrected chi connectivity index (χ1v) is 8.30. The van der Waals surface area contributed by atoms with Gasteiger partial charge < -0.3 is 0 Å². The molecule has 0 N–H and O–H groups in total. The van der Waals surface area contributed by atoms with Crippen LogP contribution in [0.1, 0.15) is 11.1 Å². The van der Waals surface area contributed by atoms with Crippen molar-refractivity contribution in [1.82, 2.24) is 0 Å². The molecule has 0 aliphatic heterocycles. The van der Waals surface area contributed by atoms with Crippen LogP contribution in [0.3, 0.4) is 0 Å². The zero-order valence-corrected chi connectivity index (χ0v) is 10.4. The van der Waals surface area contributed by atoms with Crippen LogP contribution in [0.2, 0.25) is 19.6 Å². The molecule has 0 heterocycles. The molecule has 0 aliphatic carbocycles. The molecule has 0 fully saturated rings. The molecule has 0 spiro atoms. The summed E-state index contributed by atoms with van der Waals surface area (Å²) in [5, 5.41) is 1.09. The van der Waals surface area contributed by atoms with E-state index in [1.54, 1.807) is 13.0 Å². The van der Waals surface area contributed by atoms with Crippen molar-refractivity contribution in [2.75, 3.05) is 0 Å². The first-order chi connectivity index (χ1) is 6.62. The van der Waals surface area contributed by atoms with Gasteiger partial charge in [0.05, 0.1) is 13.6 Å². The van der Waals surface area contributed by atoms with E-state index in [4.69, 9.17) is 0 Å². The lowest BCUT2D eigenvalue weighted by molar-refractivity contribution is -0.137. The fourth-order valence-corrected chi connectivity index (χ4v) is 3.52. The molecular formula is C11H15F3Si. The van der Waals surface area contributed by atoms with Crippen LogP contribution < -0.4 is 5.19 Å². The average Bonchev–Trinajstić information content (AvgIpc) is 1.99. The molecule has 0 aromatic heterocycles. The molecule has 1 aromatic carbocycles. The Morgan fingerprint density at radius 2 is 1.60 bits per heavy atom. The standard InChI is InChI=1S/C11H15F3Si/c1-8-7-9(11(12,13)14)5-6-10(8)15(2,3)4/h5-7H,1-4H3. The number of aryl methyl sites for hydroxylation is 1. The quantitative estimate of drug-likeness (QED) is 0.649. The third-order valence-electron chi connectivity index (χ3n) is 2.36. The van der Waals surface area contributed by atoms with Crippen LogP contribution in [0.4, 0.5) is 13.2 Å². The Labute approximate surface area is 89.1 Å². The molecule has 0 saturated heterocycles. The Bertz CT molecular complexity index is 361. The molecule has 1 rings (SSSR count). The molecule has 15 heavy (non-hydrogen) atoms. The molecule has 84 valence electrons. The summed E-state index contributed by atoms with van der Waals surface area (Å²) < 4.78 is 37.2. The van der Waals surface area contributed by atoms with E-state index in [1.807, 2.05) is 0 Å². The van der Waals surface area contributed by atoms with Gasteiger partial charge in [-0.1, -0.05) is 42.5 Å². The second kappa shape index (κ2) is 3.67. The molecular weight excluding hydrogens is 217 g/mol. The number of alkyl halides is 3. The third kappa shape index (κ3) is 2.84. The van der Waals surface area contributed by atoms with Crippen LogP contribution in [-0.4, -0.2) is 8.07 Å². The Hall–Kier alpha value is -0.773. The van der Waals surface area contributed by atoms with Gasteiger partial charge in [-0.25, -0.2) is 0 Å². The van der Waals surface area contributed by atoms with E-state index in [2.05, 4.69) is 19.6 Å². The maximum absolute atomic E-state index is 12.4.